The molecular formula is C101H168O10. The van der Waals surface area contributed by atoms with Crippen LogP contribution in [0.25, 0.3) is 0 Å². The molecule has 0 saturated heterocycles. The first-order valence-corrected chi connectivity index (χ1v) is 45.3. The van der Waals surface area contributed by atoms with Crippen LogP contribution in [0.15, 0.2) is 105 Å². The Morgan fingerprint density at radius 1 is 0.315 bits per heavy atom. The predicted molar refractivity (Wildman–Crippen MR) is 471 cm³/mol. The van der Waals surface area contributed by atoms with Gasteiger partial charge in [0.2, 0.25) is 0 Å². The second-order valence-electron chi connectivity index (χ2n) is 36.2. The molecule has 632 valence electrons. The second kappa shape index (κ2) is 62.1. The lowest BCUT2D eigenvalue weighted by Gasteiger charge is -2.26. The first kappa shape index (κ1) is 104. The van der Waals surface area contributed by atoms with Crippen LogP contribution in [0.1, 0.15) is 415 Å². The van der Waals surface area contributed by atoms with Gasteiger partial charge >= 0.3 is 5.97 Å². The molecule has 11 atom stereocenters. The molecule has 0 spiro atoms. The van der Waals surface area contributed by atoms with Crippen molar-refractivity contribution >= 4 is 46.5 Å². The summed E-state index contributed by atoms with van der Waals surface area (Å²) in [6.07, 6.45) is 66.2. The maximum Gasteiger partial charge on any atom is 0.303 e. The number of hydrogen-bond acceptors (Lipinski definition) is 10. The third-order valence-corrected chi connectivity index (χ3v) is 23.0. The fraction of sp³-hybridized carbons (Fsp3) is 0.743. The van der Waals surface area contributed by atoms with Gasteiger partial charge in [0.05, 0.1) is 6.10 Å². The number of esters is 1. The van der Waals surface area contributed by atoms with E-state index in [2.05, 4.69) is 131 Å². The van der Waals surface area contributed by atoms with E-state index in [1.807, 2.05) is 43.4 Å². The monoisotopic (exact) mass is 1540 g/mol. The van der Waals surface area contributed by atoms with Crippen molar-refractivity contribution in [2.75, 3.05) is 0 Å². The van der Waals surface area contributed by atoms with E-state index in [1.54, 1.807) is 12.2 Å². The second-order valence-corrected chi connectivity index (χ2v) is 36.2. The average molecular weight is 1540 g/mol. The quantitative estimate of drug-likeness (QED) is 0.0475. The fourth-order valence-electron chi connectivity index (χ4n) is 17.7. The smallest absolute Gasteiger partial charge is 0.303 e. The molecule has 0 bridgehead atoms. The lowest BCUT2D eigenvalue weighted by Crippen LogP contribution is -2.22. The normalized spacial score (nSPS) is 25.0. The Morgan fingerprint density at radius 2 is 0.559 bits per heavy atom. The number of carbonyl (C=O) groups excluding carboxylic acids is 8. The molecular weight excluding hydrogens is 1370 g/mol. The minimum Gasteiger partial charge on any atom is -0.458 e. The van der Waals surface area contributed by atoms with Crippen molar-refractivity contribution < 1.29 is 48.2 Å². The molecule has 0 aliphatic heterocycles. The number of aliphatic hydroxyl groups is 1. The summed E-state index contributed by atoms with van der Waals surface area (Å²) in [5.74, 6) is 8.73. The van der Waals surface area contributed by atoms with Gasteiger partial charge in [-0.2, -0.15) is 0 Å². The summed E-state index contributed by atoms with van der Waals surface area (Å²) < 4.78 is 5.18. The third-order valence-electron chi connectivity index (χ3n) is 23.0. The van der Waals surface area contributed by atoms with Gasteiger partial charge in [-0.3, -0.25) is 38.4 Å². The molecule has 111 heavy (non-hydrogen) atoms. The van der Waals surface area contributed by atoms with Crippen molar-refractivity contribution in [3.05, 3.63) is 105 Å². The van der Waals surface area contributed by atoms with Crippen LogP contribution in [0.5, 0.6) is 0 Å². The van der Waals surface area contributed by atoms with Gasteiger partial charge in [0.15, 0.2) is 40.5 Å². The summed E-state index contributed by atoms with van der Waals surface area (Å²) >= 11 is 0. The zero-order valence-corrected chi connectivity index (χ0v) is 75.2. The van der Waals surface area contributed by atoms with Crippen molar-refractivity contribution in [3.8, 4) is 0 Å². The first-order chi connectivity index (χ1) is 52.7. The fourth-order valence-corrected chi connectivity index (χ4v) is 17.7. The number of hydrogen-bond donors (Lipinski definition) is 1. The maximum atomic E-state index is 11.3. The van der Waals surface area contributed by atoms with Gasteiger partial charge in [0.25, 0.3) is 0 Å². The number of unbranched alkanes of at least 4 members (excludes halogenated alkanes) is 11. The number of allylic oxidation sites excluding steroid dienone is 16. The highest BCUT2D eigenvalue weighted by molar-refractivity contribution is 5.94. The van der Waals surface area contributed by atoms with E-state index >= 15 is 0 Å². The highest BCUT2D eigenvalue weighted by Crippen LogP contribution is 2.34. The molecule has 9 aliphatic rings. The Kier molecular flexibility index (Phi) is 58.1. The molecule has 10 nitrogen and oxygen atoms in total. The number of carbonyl (C=O) groups is 8. The Morgan fingerprint density at radius 3 is 0.856 bits per heavy atom. The summed E-state index contributed by atoms with van der Waals surface area (Å²) in [5.41, 5.74) is 11.6. The van der Waals surface area contributed by atoms with Crippen molar-refractivity contribution in [1.82, 2.24) is 0 Å². The molecule has 9 rings (SSSR count). The van der Waals surface area contributed by atoms with Crippen molar-refractivity contribution in [2.24, 2.45) is 59.2 Å². The molecule has 1 N–H and O–H groups in total. The minimum absolute atomic E-state index is 0.0243. The van der Waals surface area contributed by atoms with Crippen LogP contribution in [0.4, 0.5) is 0 Å². The van der Waals surface area contributed by atoms with Gasteiger partial charge in [-0.15, -0.1) is 0 Å². The van der Waals surface area contributed by atoms with Gasteiger partial charge in [0, 0.05) is 51.9 Å². The van der Waals surface area contributed by atoms with E-state index < -0.39 is 0 Å². The zero-order chi connectivity index (χ0) is 83.2. The van der Waals surface area contributed by atoms with Crippen LogP contribution in [0.2, 0.25) is 0 Å². The Bertz CT molecular complexity index is 2970. The van der Waals surface area contributed by atoms with Crippen molar-refractivity contribution in [3.63, 3.8) is 0 Å². The Labute approximate surface area is 681 Å². The molecule has 0 aromatic rings. The molecule has 11 unspecified atom stereocenters. The predicted octanol–water partition coefficient (Wildman–Crippen LogP) is 27.9. The molecule has 0 aromatic heterocycles. The third kappa shape index (κ3) is 54.3. The summed E-state index contributed by atoms with van der Waals surface area (Å²) in [4.78, 5) is 89.1. The van der Waals surface area contributed by atoms with Gasteiger partial charge in [-0.25, -0.2) is 0 Å². The van der Waals surface area contributed by atoms with E-state index in [0.717, 1.165) is 121 Å². The molecule has 0 heterocycles. The summed E-state index contributed by atoms with van der Waals surface area (Å²) in [6, 6.07) is 0. The molecule has 0 saturated carbocycles. The van der Waals surface area contributed by atoms with Gasteiger partial charge < -0.3 is 9.84 Å². The Hall–Kier alpha value is -5.22. The van der Waals surface area contributed by atoms with Gasteiger partial charge in [0.1, 0.15) is 6.10 Å². The molecule has 10 heteroatoms. The molecule has 0 amide bonds. The van der Waals surface area contributed by atoms with E-state index in [9.17, 15) is 43.5 Å². The van der Waals surface area contributed by atoms with E-state index in [-0.39, 0.29) is 18.2 Å². The lowest BCUT2D eigenvalue weighted by atomic mass is 9.83. The molecule has 9 aliphatic carbocycles. The van der Waals surface area contributed by atoms with E-state index in [4.69, 9.17) is 4.74 Å². The van der Waals surface area contributed by atoms with Crippen molar-refractivity contribution in [1.29, 1.82) is 0 Å². The average Bonchev–Trinajstić information content (AvgIpc) is 0.888. The van der Waals surface area contributed by atoms with Crippen LogP contribution in [-0.4, -0.2) is 63.8 Å². The van der Waals surface area contributed by atoms with Crippen LogP contribution < -0.4 is 0 Å². The van der Waals surface area contributed by atoms with E-state index in [0.29, 0.717) is 93.7 Å². The van der Waals surface area contributed by atoms with Crippen LogP contribution in [-0.2, 0) is 43.1 Å². The maximum absolute atomic E-state index is 11.3. The summed E-state index contributed by atoms with van der Waals surface area (Å²) in [5, 5.41) is 9.30. The van der Waals surface area contributed by atoms with Gasteiger partial charge in [-0.1, -0.05) is 247 Å². The number of ether oxygens (including phenoxy) is 1. The molecule has 0 aromatic carbocycles. The van der Waals surface area contributed by atoms with Crippen LogP contribution >= 0.6 is 0 Å². The standard InChI is InChI=1S/C14H24O.C13H22O.C12H20O.C11H18O2.3C11H18O.C9H16O.C9H14O/c1-3-4-5-6-7-8-13-9-12(2)10-14(15)11-13;1-3-4-5-6-7-12-8-11(2)9-13(14)10-12;1-3-4-5-6-11-7-10(2)8-12(13)9-11;1-4-10-5-8(2)6-11(7-10)13-9(3)12;1-8(2)4-10-5-9(3)6-11(12)7-10;2*1-3-4-5-10-6-9(2)7-11(12)8-10;2*1-3-8-4-7(2)5-9(10)6-8/h10,13H,3-9,11H2,1-2H3;9,12H,3-8,10H2,1-2H3;8,11H,3-7,9H2,1-2H3;6,10-11H,4-5,7H2,1-3H3;6,8,10H,4-5,7H2,1-3H3;2*7,10H,3-6,8H2,1-2H3;5,8-10H,3-4,6H2,1-2H3;5,8H,3-4,6H2,1-2H3. The number of aliphatic hydroxyl groups excluding tert-OH is 1. The summed E-state index contributed by atoms with van der Waals surface area (Å²) in [6.45, 7) is 42.2. The highest BCUT2D eigenvalue weighted by Gasteiger charge is 2.26. The minimum atomic E-state index is -0.175. The lowest BCUT2D eigenvalue weighted by molar-refractivity contribution is -0.145. The number of ketones is 7. The topological polar surface area (TPSA) is 166 Å². The molecule has 0 radical (unpaired) electrons. The number of rotatable bonds is 27. The largest absolute Gasteiger partial charge is 0.458 e. The molecule has 0 fully saturated rings. The van der Waals surface area contributed by atoms with E-state index in [1.165, 1.54) is 218 Å². The first-order valence-electron chi connectivity index (χ1n) is 45.3. The summed E-state index contributed by atoms with van der Waals surface area (Å²) in [7, 11) is 0. The SMILES string of the molecule is CC1=CC(=O)CC(CC(C)C)C1.CCC1CC(=O)C=C(C)C1.CCC1CC(C)=CC(O)C1.CCC1CC(C)=CC(OC(C)=O)C1.CCCCC1CC(=O)C=C(C)C1.CCCCC1CC(=O)C=C(C)C1.CCCCCC1CC(=O)C=C(C)C1.CCCCCCC1CC(=O)C=C(C)C1.CCCCCCCC1CC(=O)C=C(C)C1. The van der Waals surface area contributed by atoms with Crippen LogP contribution in [0.3, 0.4) is 0 Å². The zero-order valence-electron chi connectivity index (χ0n) is 75.2. The van der Waals surface area contributed by atoms with Crippen LogP contribution in [0, 0.1) is 59.2 Å². The Balaban J connectivity index is 0.000000626. The highest BCUT2D eigenvalue weighted by atomic mass is 16.5. The van der Waals surface area contributed by atoms with Crippen molar-refractivity contribution in [2.45, 2.75) is 427 Å². The van der Waals surface area contributed by atoms with Gasteiger partial charge in [-0.05, 0) is 279 Å².